The molecule has 1 fully saturated rings. The quantitative estimate of drug-likeness (QED) is 0.865. The van der Waals surface area contributed by atoms with Gasteiger partial charge < -0.3 is 10.0 Å². The van der Waals surface area contributed by atoms with Gasteiger partial charge in [-0.1, -0.05) is 6.42 Å². The first-order valence-electron chi connectivity index (χ1n) is 8.76. The lowest BCUT2D eigenvalue weighted by atomic mass is 10.0. The number of amides is 1. The molecule has 2 heterocycles. The number of nitrogens with one attached hydrogen (secondary N) is 1. The molecule has 0 aliphatic heterocycles. The van der Waals surface area contributed by atoms with Gasteiger partial charge in [0.2, 0.25) is 5.91 Å². The van der Waals surface area contributed by atoms with Gasteiger partial charge in [-0.15, -0.1) is 0 Å². The summed E-state index contributed by atoms with van der Waals surface area (Å²) in [6, 6.07) is 0. The second-order valence-corrected chi connectivity index (χ2v) is 7.21. The number of rotatable bonds is 4. The highest BCUT2D eigenvalue weighted by atomic mass is 16.3. The van der Waals surface area contributed by atoms with E-state index < -0.39 is 0 Å². The first-order valence-corrected chi connectivity index (χ1v) is 8.76. The number of aryl methyl sites for hydroxylation is 3. The van der Waals surface area contributed by atoms with Gasteiger partial charge in [0.25, 0.3) is 5.56 Å². The summed E-state index contributed by atoms with van der Waals surface area (Å²) < 4.78 is 1.61. The molecule has 25 heavy (non-hydrogen) atoms. The summed E-state index contributed by atoms with van der Waals surface area (Å²) in [5, 5.41) is 13.2. The molecule has 2 N–H and O–H groups in total. The molecule has 2 unspecified atom stereocenters. The van der Waals surface area contributed by atoms with Gasteiger partial charge in [-0.2, -0.15) is 0 Å². The van der Waals surface area contributed by atoms with Crippen molar-refractivity contribution in [3.63, 3.8) is 0 Å². The fraction of sp³-hybridized carbons (Fsp3) is 0.611. The van der Waals surface area contributed by atoms with Crippen LogP contribution in [0.3, 0.4) is 0 Å². The Bertz CT molecular complexity index is 867. The summed E-state index contributed by atoms with van der Waals surface area (Å²) in [7, 11) is 3.53. The third-order valence-electron chi connectivity index (χ3n) is 5.46. The average Bonchev–Trinajstić information content (AvgIpc) is 3.07. The molecule has 0 aromatic carbocycles. The molecule has 3 rings (SSSR count). The maximum Gasteiger partial charge on any atom is 0.273 e. The first kappa shape index (κ1) is 17.7. The van der Waals surface area contributed by atoms with E-state index in [1.807, 2.05) is 13.8 Å². The Balaban J connectivity index is 1.83. The van der Waals surface area contributed by atoms with Crippen LogP contribution in [-0.2, 0) is 18.3 Å². The second-order valence-electron chi connectivity index (χ2n) is 7.21. The number of pyridine rings is 1. The third-order valence-corrected chi connectivity index (χ3v) is 5.46. The van der Waals surface area contributed by atoms with Crippen molar-refractivity contribution < 1.29 is 9.90 Å². The van der Waals surface area contributed by atoms with Crippen LogP contribution in [0.15, 0.2) is 4.79 Å². The van der Waals surface area contributed by atoms with Gasteiger partial charge >= 0.3 is 0 Å². The summed E-state index contributed by atoms with van der Waals surface area (Å²) in [4.78, 5) is 31.0. The predicted molar refractivity (Wildman–Crippen MR) is 95.5 cm³/mol. The fourth-order valence-electron chi connectivity index (χ4n) is 3.88. The monoisotopic (exact) mass is 346 g/mol. The Morgan fingerprint density at radius 3 is 2.76 bits per heavy atom. The lowest BCUT2D eigenvalue weighted by Crippen LogP contribution is -2.35. The molecule has 0 spiro atoms. The molecule has 2 atom stereocenters. The van der Waals surface area contributed by atoms with Crippen LogP contribution in [0.5, 0.6) is 0 Å². The zero-order chi connectivity index (χ0) is 18.3. The van der Waals surface area contributed by atoms with Gasteiger partial charge in [0.05, 0.1) is 17.9 Å². The number of hydrogen-bond donors (Lipinski definition) is 2. The molecule has 0 bridgehead atoms. The molecule has 1 amide bonds. The molecule has 2 aromatic heterocycles. The molecule has 1 aliphatic carbocycles. The van der Waals surface area contributed by atoms with Gasteiger partial charge in [0.1, 0.15) is 0 Å². The highest BCUT2D eigenvalue weighted by Crippen LogP contribution is 2.26. The Morgan fingerprint density at radius 1 is 1.40 bits per heavy atom. The molecule has 136 valence electrons. The summed E-state index contributed by atoms with van der Waals surface area (Å²) in [6.45, 7) is 4.31. The highest BCUT2D eigenvalue weighted by molar-refractivity contribution is 5.84. The van der Waals surface area contributed by atoms with Crippen LogP contribution >= 0.6 is 0 Å². The van der Waals surface area contributed by atoms with Crippen molar-refractivity contribution in [2.45, 2.75) is 45.6 Å². The van der Waals surface area contributed by atoms with E-state index in [0.29, 0.717) is 17.6 Å². The van der Waals surface area contributed by atoms with Crippen LogP contribution in [0.2, 0.25) is 0 Å². The van der Waals surface area contributed by atoms with Crippen LogP contribution < -0.4 is 5.56 Å². The number of aliphatic hydroxyl groups excluding tert-OH is 1. The van der Waals surface area contributed by atoms with Crippen molar-refractivity contribution in [3.05, 3.63) is 27.2 Å². The van der Waals surface area contributed by atoms with E-state index in [1.54, 1.807) is 23.7 Å². The van der Waals surface area contributed by atoms with E-state index in [-0.39, 0.29) is 29.9 Å². The lowest BCUT2D eigenvalue weighted by Gasteiger charge is -2.24. The van der Waals surface area contributed by atoms with E-state index >= 15 is 0 Å². The van der Waals surface area contributed by atoms with E-state index in [1.165, 1.54) is 0 Å². The molecular formula is C18H26N4O3. The van der Waals surface area contributed by atoms with Crippen LogP contribution in [0.1, 0.15) is 36.1 Å². The number of H-pyrrole nitrogens is 1. The zero-order valence-electron chi connectivity index (χ0n) is 15.3. The normalized spacial score (nSPS) is 20.4. The SMILES string of the molecule is Cc1nc2c(c(C)c1CC(=O)N(C)CC1CCCC1O)c(=O)[nH]n2C. The van der Waals surface area contributed by atoms with Crippen LogP contribution in [0.4, 0.5) is 0 Å². The first-order chi connectivity index (χ1) is 11.8. The number of carbonyl (C=O) groups is 1. The molecule has 1 aliphatic rings. The van der Waals surface area contributed by atoms with Gasteiger partial charge in [-0.05, 0) is 37.8 Å². The largest absolute Gasteiger partial charge is 0.393 e. The Labute approximate surface area is 146 Å². The highest BCUT2D eigenvalue weighted by Gasteiger charge is 2.28. The molecule has 2 aromatic rings. The summed E-state index contributed by atoms with van der Waals surface area (Å²) in [5.74, 6) is 0.146. The molecule has 7 heteroatoms. The number of aromatic amines is 1. The number of fused-ring (bicyclic) bond motifs is 1. The van der Waals surface area contributed by atoms with E-state index in [9.17, 15) is 14.7 Å². The van der Waals surface area contributed by atoms with Crippen molar-refractivity contribution in [1.82, 2.24) is 19.7 Å². The maximum atomic E-state index is 12.7. The number of hydrogen-bond acceptors (Lipinski definition) is 4. The summed E-state index contributed by atoms with van der Waals surface area (Å²) >= 11 is 0. The van der Waals surface area contributed by atoms with Crippen molar-refractivity contribution in [2.75, 3.05) is 13.6 Å². The maximum absolute atomic E-state index is 12.7. The molecule has 0 radical (unpaired) electrons. The van der Waals surface area contributed by atoms with Crippen molar-refractivity contribution >= 4 is 16.9 Å². The fourth-order valence-corrected chi connectivity index (χ4v) is 3.88. The lowest BCUT2D eigenvalue weighted by molar-refractivity contribution is -0.130. The molecular weight excluding hydrogens is 320 g/mol. The van der Waals surface area contributed by atoms with Gasteiger partial charge in [0.15, 0.2) is 5.65 Å². The Hall–Kier alpha value is -2.15. The minimum Gasteiger partial charge on any atom is -0.393 e. The number of likely N-dealkylation sites (N-methyl/N-ethyl adjacent to an activating group) is 1. The van der Waals surface area contributed by atoms with Gasteiger partial charge in [0, 0.05) is 32.3 Å². The Morgan fingerprint density at radius 2 is 2.12 bits per heavy atom. The van der Waals surface area contributed by atoms with Crippen LogP contribution in [0.25, 0.3) is 11.0 Å². The smallest absolute Gasteiger partial charge is 0.273 e. The zero-order valence-corrected chi connectivity index (χ0v) is 15.3. The molecule has 1 saturated carbocycles. The van der Waals surface area contributed by atoms with E-state index in [0.717, 1.165) is 36.1 Å². The summed E-state index contributed by atoms with van der Waals surface area (Å²) in [6.07, 6.45) is 2.71. The van der Waals surface area contributed by atoms with Gasteiger partial charge in [-0.25, -0.2) is 4.98 Å². The number of nitrogens with zero attached hydrogens (tertiary/aromatic N) is 3. The number of aromatic nitrogens is 3. The van der Waals surface area contributed by atoms with E-state index in [2.05, 4.69) is 10.1 Å². The van der Waals surface area contributed by atoms with Crippen molar-refractivity contribution in [2.24, 2.45) is 13.0 Å². The van der Waals surface area contributed by atoms with Crippen LogP contribution in [0, 0.1) is 19.8 Å². The molecule has 7 nitrogen and oxygen atoms in total. The number of carbonyl (C=O) groups excluding carboxylic acids is 1. The van der Waals surface area contributed by atoms with Crippen LogP contribution in [-0.4, -0.2) is 50.4 Å². The minimum atomic E-state index is -0.306. The number of aliphatic hydroxyl groups is 1. The van der Waals surface area contributed by atoms with Crippen molar-refractivity contribution in [3.8, 4) is 0 Å². The average molecular weight is 346 g/mol. The molecule has 0 saturated heterocycles. The predicted octanol–water partition coefficient (Wildman–Crippen LogP) is 1.04. The van der Waals surface area contributed by atoms with Gasteiger partial charge in [-0.3, -0.25) is 19.4 Å². The minimum absolute atomic E-state index is 0.0150. The van der Waals surface area contributed by atoms with E-state index in [4.69, 9.17) is 0 Å². The third kappa shape index (κ3) is 3.20. The summed E-state index contributed by atoms with van der Waals surface area (Å²) in [5.41, 5.74) is 2.82. The topological polar surface area (TPSA) is 91.2 Å². The Kier molecular flexibility index (Phi) is 4.69. The standard InChI is InChI=1S/C18H26N4O3/c1-10-13(11(2)19-17-16(10)18(25)20-22(17)4)8-15(24)21(3)9-12-6-5-7-14(12)23/h12,14,23H,5-9H2,1-4H3,(H,20,25). The second kappa shape index (κ2) is 6.63. The van der Waals surface area contributed by atoms with Crippen molar-refractivity contribution in [1.29, 1.82) is 0 Å².